The van der Waals surface area contributed by atoms with E-state index in [9.17, 15) is 9.90 Å². The Balaban J connectivity index is 1.73. The number of hydrogen-bond acceptors (Lipinski definition) is 4. The summed E-state index contributed by atoms with van der Waals surface area (Å²) in [6, 6.07) is 8.83. The normalized spacial score (nSPS) is 20.2. The zero-order chi connectivity index (χ0) is 16.8. The Morgan fingerprint density at radius 3 is 3.00 bits per heavy atom. The average molecular weight is 343 g/mol. The molecule has 1 amide bonds. The molecule has 3 heterocycles. The van der Waals surface area contributed by atoms with Crippen molar-refractivity contribution in [2.45, 2.75) is 19.1 Å². The number of benzene rings is 1. The number of aliphatic hydroxyl groups is 1. The second-order valence-electron chi connectivity index (χ2n) is 5.85. The van der Waals surface area contributed by atoms with E-state index in [1.807, 2.05) is 19.1 Å². The first-order chi connectivity index (χ1) is 11.6. The SMILES string of the molecule is CC1c2cccnc2C(O)CN1C(=O)c1nc2c(Cl)cccc2[nH]1. The molecule has 0 saturated carbocycles. The Morgan fingerprint density at radius 1 is 1.38 bits per heavy atom. The van der Waals surface area contributed by atoms with Gasteiger partial charge >= 0.3 is 0 Å². The van der Waals surface area contributed by atoms with Gasteiger partial charge in [-0.3, -0.25) is 9.78 Å². The summed E-state index contributed by atoms with van der Waals surface area (Å²) in [7, 11) is 0. The number of carbonyl (C=O) groups is 1. The molecule has 7 heteroatoms. The second kappa shape index (κ2) is 5.58. The van der Waals surface area contributed by atoms with Crippen molar-refractivity contribution >= 4 is 28.5 Å². The molecule has 0 radical (unpaired) electrons. The molecule has 24 heavy (non-hydrogen) atoms. The number of H-pyrrole nitrogens is 1. The maximum atomic E-state index is 12.9. The number of aliphatic hydroxyl groups excluding tert-OH is 1. The molecular formula is C17H15ClN4O2. The van der Waals surface area contributed by atoms with Gasteiger partial charge in [-0.25, -0.2) is 4.98 Å². The number of imidazole rings is 1. The molecule has 6 nitrogen and oxygen atoms in total. The Kier molecular flexibility index (Phi) is 3.51. The van der Waals surface area contributed by atoms with Gasteiger partial charge in [0.2, 0.25) is 0 Å². The zero-order valence-corrected chi connectivity index (χ0v) is 13.7. The fraction of sp³-hybridized carbons (Fsp3) is 0.235. The molecule has 0 bridgehead atoms. The monoisotopic (exact) mass is 342 g/mol. The molecule has 0 spiro atoms. The van der Waals surface area contributed by atoms with Crippen LogP contribution in [0, 0.1) is 0 Å². The number of aromatic amines is 1. The topological polar surface area (TPSA) is 82.1 Å². The lowest BCUT2D eigenvalue weighted by Crippen LogP contribution is -2.41. The highest BCUT2D eigenvalue weighted by Gasteiger charge is 2.34. The van der Waals surface area contributed by atoms with E-state index in [0.717, 1.165) is 5.56 Å². The van der Waals surface area contributed by atoms with E-state index in [4.69, 9.17) is 11.6 Å². The number of amides is 1. The Hall–Kier alpha value is -2.44. The molecule has 3 aromatic rings. The standard InChI is InChI=1S/C17H15ClN4O2/c1-9-10-4-3-7-19-14(10)13(23)8-22(9)17(24)16-20-12-6-2-5-11(18)15(12)21-16/h2-7,9,13,23H,8H2,1H3,(H,20,21). The van der Waals surface area contributed by atoms with Gasteiger partial charge < -0.3 is 15.0 Å². The summed E-state index contributed by atoms with van der Waals surface area (Å²) < 4.78 is 0. The first-order valence-electron chi connectivity index (χ1n) is 7.64. The summed E-state index contributed by atoms with van der Waals surface area (Å²) >= 11 is 6.12. The predicted molar refractivity (Wildman–Crippen MR) is 89.8 cm³/mol. The molecule has 1 aromatic carbocycles. The van der Waals surface area contributed by atoms with Gasteiger partial charge in [-0.2, -0.15) is 0 Å². The van der Waals surface area contributed by atoms with E-state index in [1.165, 1.54) is 0 Å². The van der Waals surface area contributed by atoms with E-state index in [-0.39, 0.29) is 24.3 Å². The van der Waals surface area contributed by atoms with Crippen LogP contribution in [0.15, 0.2) is 36.5 Å². The van der Waals surface area contributed by atoms with Crippen molar-refractivity contribution in [3.8, 4) is 0 Å². The molecular weight excluding hydrogens is 328 g/mol. The number of halogens is 1. The van der Waals surface area contributed by atoms with E-state index in [0.29, 0.717) is 21.7 Å². The van der Waals surface area contributed by atoms with Crippen LogP contribution in [0.2, 0.25) is 5.02 Å². The number of fused-ring (bicyclic) bond motifs is 2. The number of aromatic nitrogens is 3. The third kappa shape index (κ3) is 2.26. The molecule has 2 N–H and O–H groups in total. The number of pyridine rings is 1. The third-order valence-electron chi connectivity index (χ3n) is 4.40. The van der Waals surface area contributed by atoms with Crippen LogP contribution in [0.3, 0.4) is 0 Å². The van der Waals surface area contributed by atoms with Gasteiger partial charge in [-0.1, -0.05) is 23.7 Å². The van der Waals surface area contributed by atoms with Gasteiger partial charge in [0, 0.05) is 6.20 Å². The number of nitrogens with one attached hydrogen (secondary N) is 1. The van der Waals surface area contributed by atoms with Crippen LogP contribution in [0.1, 0.15) is 40.9 Å². The number of nitrogens with zero attached hydrogens (tertiary/aromatic N) is 3. The van der Waals surface area contributed by atoms with Crippen molar-refractivity contribution in [2.75, 3.05) is 6.54 Å². The van der Waals surface area contributed by atoms with Crippen LogP contribution in [-0.4, -0.2) is 37.4 Å². The minimum Gasteiger partial charge on any atom is -0.385 e. The van der Waals surface area contributed by atoms with E-state index < -0.39 is 6.10 Å². The Labute approximate surface area is 143 Å². The number of rotatable bonds is 1. The van der Waals surface area contributed by atoms with E-state index in [2.05, 4.69) is 15.0 Å². The lowest BCUT2D eigenvalue weighted by Gasteiger charge is -2.36. The fourth-order valence-electron chi connectivity index (χ4n) is 3.15. The highest BCUT2D eigenvalue weighted by atomic mass is 35.5. The summed E-state index contributed by atoms with van der Waals surface area (Å²) in [5, 5.41) is 10.8. The minimum atomic E-state index is -0.811. The van der Waals surface area contributed by atoms with Gasteiger partial charge in [0.15, 0.2) is 5.82 Å². The smallest absolute Gasteiger partial charge is 0.290 e. The number of carbonyl (C=O) groups excluding carboxylic acids is 1. The fourth-order valence-corrected chi connectivity index (χ4v) is 3.37. The molecule has 2 aromatic heterocycles. The van der Waals surface area contributed by atoms with E-state index in [1.54, 1.807) is 29.3 Å². The van der Waals surface area contributed by atoms with Crippen LogP contribution >= 0.6 is 11.6 Å². The molecule has 0 fully saturated rings. The van der Waals surface area contributed by atoms with Gasteiger partial charge in [0.25, 0.3) is 5.91 Å². The van der Waals surface area contributed by atoms with Gasteiger partial charge in [-0.15, -0.1) is 0 Å². The summed E-state index contributed by atoms with van der Waals surface area (Å²) in [6.45, 7) is 2.09. The highest BCUT2D eigenvalue weighted by Crippen LogP contribution is 2.34. The lowest BCUT2D eigenvalue weighted by molar-refractivity contribution is 0.0432. The van der Waals surface area contributed by atoms with Crippen LogP contribution in [0.4, 0.5) is 0 Å². The summed E-state index contributed by atoms with van der Waals surface area (Å²) in [5.74, 6) is -0.0622. The van der Waals surface area contributed by atoms with E-state index >= 15 is 0 Å². The average Bonchev–Trinajstić information content (AvgIpc) is 3.03. The molecule has 2 unspecified atom stereocenters. The van der Waals surface area contributed by atoms with Gasteiger partial charge in [0.05, 0.1) is 28.8 Å². The summed E-state index contributed by atoms with van der Waals surface area (Å²) in [5.41, 5.74) is 2.74. The summed E-state index contributed by atoms with van der Waals surface area (Å²) in [6.07, 6.45) is 0.836. The van der Waals surface area contributed by atoms with Gasteiger partial charge in [0.1, 0.15) is 11.6 Å². The van der Waals surface area contributed by atoms with Crippen molar-refractivity contribution in [2.24, 2.45) is 0 Å². The maximum Gasteiger partial charge on any atom is 0.290 e. The van der Waals surface area contributed by atoms with Crippen LogP contribution in [0.5, 0.6) is 0 Å². The van der Waals surface area contributed by atoms with Crippen molar-refractivity contribution in [1.29, 1.82) is 0 Å². The molecule has 4 rings (SSSR count). The first-order valence-corrected chi connectivity index (χ1v) is 8.02. The molecule has 0 saturated heterocycles. The lowest BCUT2D eigenvalue weighted by atomic mass is 9.96. The molecule has 2 atom stereocenters. The minimum absolute atomic E-state index is 0.175. The largest absolute Gasteiger partial charge is 0.385 e. The molecule has 0 aliphatic carbocycles. The maximum absolute atomic E-state index is 12.9. The van der Waals surface area contributed by atoms with Crippen molar-refractivity contribution in [1.82, 2.24) is 19.9 Å². The molecule has 1 aliphatic rings. The third-order valence-corrected chi connectivity index (χ3v) is 4.71. The highest BCUT2D eigenvalue weighted by molar-refractivity contribution is 6.35. The van der Waals surface area contributed by atoms with Crippen molar-refractivity contribution in [3.63, 3.8) is 0 Å². The van der Waals surface area contributed by atoms with Crippen molar-refractivity contribution < 1.29 is 9.90 Å². The van der Waals surface area contributed by atoms with Crippen LogP contribution in [-0.2, 0) is 0 Å². The second-order valence-corrected chi connectivity index (χ2v) is 6.26. The van der Waals surface area contributed by atoms with Gasteiger partial charge in [-0.05, 0) is 30.7 Å². The van der Waals surface area contributed by atoms with Crippen LogP contribution in [0.25, 0.3) is 11.0 Å². The Morgan fingerprint density at radius 2 is 2.21 bits per heavy atom. The molecule has 1 aliphatic heterocycles. The Bertz CT molecular complexity index is 939. The quantitative estimate of drug-likeness (QED) is 0.712. The number of para-hydroxylation sites is 1. The predicted octanol–water partition coefficient (Wildman–Crippen LogP) is 2.86. The van der Waals surface area contributed by atoms with Crippen LogP contribution < -0.4 is 0 Å². The zero-order valence-electron chi connectivity index (χ0n) is 12.9. The first kappa shape index (κ1) is 15.1. The molecule has 122 valence electrons. The number of β-amino-alcohol motifs (C(OH)–C–C–N with tert-alkyl or cyclic N) is 1. The van der Waals surface area contributed by atoms with Crippen molar-refractivity contribution in [3.05, 3.63) is 58.6 Å². The summed E-state index contributed by atoms with van der Waals surface area (Å²) in [4.78, 5) is 26.1. The number of hydrogen-bond donors (Lipinski definition) is 2.